The van der Waals surface area contributed by atoms with Gasteiger partial charge in [-0.2, -0.15) is 5.26 Å². The highest BCUT2D eigenvalue weighted by molar-refractivity contribution is 7.13. The number of carbonyl (C=O) groups is 1. The topological polar surface area (TPSA) is 121 Å². The van der Waals surface area contributed by atoms with Crippen LogP contribution in [-0.2, 0) is 9.47 Å². The van der Waals surface area contributed by atoms with Crippen molar-refractivity contribution < 1.29 is 14.3 Å². The lowest BCUT2D eigenvalue weighted by molar-refractivity contribution is 0.0683. The molecule has 0 bridgehead atoms. The molecular formula is C22H20N6O3S. The Balaban J connectivity index is 1.19. The maximum absolute atomic E-state index is 12.4. The van der Waals surface area contributed by atoms with E-state index in [-0.39, 0.29) is 30.3 Å². The van der Waals surface area contributed by atoms with E-state index in [0.717, 1.165) is 10.6 Å². The molecule has 2 saturated heterocycles. The highest BCUT2D eigenvalue weighted by atomic mass is 32.1. The molecule has 2 aromatic heterocycles. The zero-order valence-electron chi connectivity index (χ0n) is 16.9. The van der Waals surface area contributed by atoms with Crippen LogP contribution in [0.4, 0.5) is 16.4 Å². The Morgan fingerprint density at radius 1 is 1.12 bits per heavy atom. The average molecular weight is 449 g/mol. The Morgan fingerprint density at radius 3 is 2.78 bits per heavy atom. The van der Waals surface area contributed by atoms with Gasteiger partial charge in [0, 0.05) is 11.9 Å². The van der Waals surface area contributed by atoms with E-state index in [1.54, 1.807) is 41.8 Å². The molecule has 10 heteroatoms. The zero-order chi connectivity index (χ0) is 21.9. The molecule has 4 atom stereocenters. The largest absolute Gasteiger partial charge is 0.371 e. The third kappa shape index (κ3) is 4.27. The Morgan fingerprint density at radius 2 is 1.97 bits per heavy atom. The molecule has 2 fully saturated rings. The highest BCUT2D eigenvalue weighted by Crippen LogP contribution is 2.29. The van der Waals surface area contributed by atoms with Gasteiger partial charge in [-0.05, 0) is 35.7 Å². The molecule has 4 unspecified atom stereocenters. The lowest BCUT2D eigenvalue weighted by Gasteiger charge is -2.18. The summed E-state index contributed by atoms with van der Waals surface area (Å²) in [5.74, 6) is 0.514. The maximum atomic E-state index is 12.4. The van der Waals surface area contributed by atoms with E-state index in [9.17, 15) is 4.79 Å². The van der Waals surface area contributed by atoms with Crippen molar-refractivity contribution in [2.75, 3.05) is 23.8 Å². The number of thiophene rings is 1. The van der Waals surface area contributed by atoms with Crippen molar-refractivity contribution in [2.24, 2.45) is 0 Å². The molecule has 9 nitrogen and oxygen atoms in total. The van der Waals surface area contributed by atoms with Gasteiger partial charge in [0.15, 0.2) is 0 Å². The summed E-state index contributed by atoms with van der Waals surface area (Å²) in [5.41, 5.74) is 1.88. The number of anilines is 2. The molecule has 1 aromatic carbocycles. The SMILES string of the molecule is N#Cc1cccc(NC(=O)NC2COC3C(Nc4nccc(-c5cccs5)n4)COC23)c1. The first-order valence-electron chi connectivity index (χ1n) is 10.1. The molecule has 0 aliphatic carbocycles. The molecule has 3 aromatic rings. The number of carbonyl (C=O) groups excluding carboxylic acids is 1. The smallest absolute Gasteiger partial charge is 0.319 e. The fourth-order valence-corrected chi connectivity index (χ4v) is 4.60. The van der Waals surface area contributed by atoms with E-state index in [2.05, 4.69) is 32.0 Å². The van der Waals surface area contributed by atoms with Gasteiger partial charge < -0.3 is 25.4 Å². The highest BCUT2D eigenvalue weighted by Gasteiger charge is 2.48. The van der Waals surface area contributed by atoms with Gasteiger partial charge in [-0.15, -0.1) is 11.3 Å². The fourth-order valence-electron chi connectivity index (χ4n) is 3.90. The second kappa shape index (κ2) is 8.92. The monoisotopic (exact) mass is 448 g/mol. The minimum Gasteiger partial charge on any atom is -0.371 e. The van der Waals surface area contributed by atoms with Gasteiger partial charge in [-0.3, -0.25) is 0 Å². The molecule has 4 heterocycles. The van der Waals surface area contributed by atoms with Gasteiger partial charge >= 0.3 is 6.03 Å². The third-order valence-electron chi connectivity index (χ3n) is 5.36. The van der Waals surface area contributed by atoms with Gasteiger partial charge in [0.05, 0.1) is 47.5 Å². The van der Waals surface area contributed by atoms with Crippen LogP contribution in [0.2, 0.25) is 0 Å². The van der Waals surface area contributed by atoms with Crippen LogP contribution in [0, 0.1) is 11.3 Å². The number of nitrogens with one attached hydrogen (secondary N) is 3. The molecule has 2 aliphatic rings. The number of nitriles is 1. The molecule has 0 saturated carbocycles. The molecular weight excluding hydrogens is 428 g/mol. The summed E-state index contributed by atoms with van der Waals surface area (Å²) < 4.78 is 11.9. The standard InChI is InChI=1S/C22H20N6O3S/c23-10-13-3-1-4-14(9-13)25-22(29)28-17-12-31-19-16(11-30-20(17)19)27-21-24-7-6-15(26-21)18-5-2-8-32-18/h1-9,16-17,19-20H,11-12H2,(H,24,26,27)(H2,25,28,29). The van der Waals surface area contributed by atoms with Gasteiger partial charge in [0.25, 0.3) is 0 Å². The first kappa shape index (κ1) is 20.4. The van der Waals surface area contributed by atoms with E-state index in [4.69, 9.17) is 14.7 Å². The van der Waals surface area contributed by atoms with E-state index < -0.39 is 0 Å². The Labute approximate surface area is 188 Å². The second-order valence-corrected chi connectivity index (χ2v) is 8.43. The van der Waals surface area contributed by atoms with E-state index in [0.29, 0.717) is 30.4 Å². The van der Waals surface area contributed by atoms with Crippen LogP contribution in [0.15, 0.2) is 54.0 Å². The summed E-state index contributed by atoms with van der Waals surface area (Å²) in [6, 6.07) is 13.9. The number of urea groups is 1. The number of fused-ring (bicyclic) bond motifs is 1. The van der Waals surface area contributed by atoms with Gasteiger partial charge in [-0.25, -0.2) is 14.8 Å². The summed E-state index contributed by atoms with van der Waals surface area (Å²) in [5, 5.41) is 20.0. The van der Waals surface area contributed by atoms with Crippen molar-refractivity contribution in [2.45, 2.75) is 24.3 Å². The number of hydrogen-bond acceptors (Lipinski definition) is 8. The lowest BCUT2D eigenvalue weighted by atomic mass is 10.1. The molecule has 0 radical (unpaired) electrons. The second-order valence-electron chi connectivity index (χ2n) is 7.49. The summed E-state index contributed by atoms with van der Waals surface area (Å²) in [6.07, 6.45) is 1.23. The average Bonchev–Trinajstić information content (AvgIpc) is 3.55. The van der Waals surface area contributed by atoms with Crippen LogP contribution < -0.4 is 16.0 Å². The number of amides is 2. The van der Waals surface area contributed by atoms with Crippen molar-refractivity contribution in [3.63, 3.8) is 0 Å². The molecule has 5 rings (SSSR count). The van der Waals surface area contributed by atoms with E-state index in [1.807, 2.05) is 23.6 Å². The van der Waals surface area contributed by atoms with Crippen molar-refractivity contribution >= 4 is 29.0 Å². The molecule has 32 heavy (non-hydrogen) atoms. The van der Waals surface area contributed by atoms with Crippen molar-refractivity contribution in [1.82, 2.24) is 15.3 Å². The molecule has 3 N–H and O–H groups in total. The van der Waals surface area contributed by atoms with Crippen LogP contribution in [-0.4, -0.2) is 53.5 Å². The minimum atomic E-state index is -0.374. The quantitative estimate of drug-likeness (QED) is 0.549. The number of ether oxygens (including phenoxy) is 2. The normalized spacial score (nSPS) is 23.8. The van der Waals surface area contributed by atoms with Crippen LogP contribution in [0.5, 0.6) is 0 Å². The van der Waals surface area contributed by atoms with Crippen LogP contribution in [0.1, 0.15) is 5.56 Å². The molecule has 2 aliphatic heterocycles. The van der Waals surface area contributed by atoms with Crippen LogP contribution in [0.25, 0.3) is 10.6 Å². The molecule has 162 valence electrons. The minimum absolute atomic E-state index is 0.124. The number of hydrogen-bond donors (Lipinski definition) is 3. The first-order valence-corrected chi connectivity index (χ1v) is 11.0. The number of nitrogens with zero attached hydrogens (tertiary/aromatic N) is 3. The van der Waals surface area contributed by atoms with Crippen LogP contribution >= 0.6 is 11.3 Å². The first-order chi connectivity index (χ1) is 15.7. The van der Waals surface area contributed by atoms with E-state index >= 15 is 0 Å². The molecule has 0 spiro atoms. The predicted molar refractivity (Wildman–Crippen MR) is 119 cm³/mol. The number of benzene rings is 1. The summed E-state index contributed by atoms with van der Waals surface area (Å²) in [4.78, 5) is 22.4. The lowest BCUT2D eigenvalue weighted by Crippen LogP contribution is -2.46. The third-order valence-corrected chi connectivity index (χ3v) is 6.26. The molecule has 2 amide bonds. The van der Waals surface area contributed by atoms with Gasteiger partial charge in [0.1, 0.15) is 12.2 Å². The zero-order valence-corrected chi connectivity index (χ0v) is 17.7. The van der Waals surface area contributed by atoms with Crippen molar-refractivity contribution in [1.29, 1.82) is 5.26 Å². The Bertz CT molecular complexity index is 1150. The van der Waals surface area contributed by atoms with Gasteiger partial charge in [0.2, 0.25) is 5.95 Å². The van der Waals surface area contributed by atoms with Gasteiger partial charge in [-0.1, -0.05) is 12.1 Å². The summed E-state index contributed by atoms with van der Waals surface area (Å²) >= 11 is 1.62. The summed E-state index contributed by atoms with van der Waals surface area (Å²) in [7, 11) is 0. The predicted octanol–water partition coefficient (Wildman–Crippen LogP) is 2.85. The Kier molecular flexibility index (Phi) is 5.68. The number of rotatable bonds is 5. The maximum Gasteiger partial charge on any atom is 0.319 e. The summed E-state index contributed by atoms with van der Waals surface area (Å²) in [6.45, 7) is 0.765. The van der Waals surface area contributed by atoms with E-state index in [1.165, 1.54) is 0 Å². The fraction of sp³-hybridized carbons (Fsp3) is 0.273. The van der Waals surface area contributed by atoms with Crippen molar-refractivity contribution in [3.05, 3.63) is 59.6 Å². The number of aromatic nitrogens is 2. The Hall–Kier alpha value is -3.52. The van der Waals surface area contributed by atoms with Crippen molar-refractivity contribution in [3.8, 4) is 16.6 Å². The van der Waals surface area contributed by atoms with Crippen LogP contribution in [0.3, 0.4) is 0 Å².